The Bertz CT molecular complexity index is 467. The average molecular weight is 282 g/mol. The third-order valence-corrected chi connectivity index (χ3v) is 2.31. The van der Waals surface area contributed by atoms with Gasteiger partial charge in [-0.3, -0.25) is 9.89 Å². The highest BCUT2D eigenvalue weighted by atomic mass is 79.9. The normalized spacial score (nSPS) is 10.1. The van der Waals surface area contributed by atoms with Crippen molar-refractivity contribution >= 4 is 21.8 Å². The molecule has 0 radical (unpaired) electrons. The molecule has 7 heteroatoms. The van der Waals surface area contributed by atoms with Crippen LogP contribution in [0.4, 0.5) is 0 Å². The number of nitrogens with one attached hydrogen (secondary N) is 2. The number of rotatable bonds is 3. The third kappa shape index (κ3) is 2.63. The number of halogens is 1. The highest BCUT2D eigenvalue weighted by Crippen LogP contribution is 2.07. The molecule has 2 aromatic heterocycles. The van der Waals surface area contributed by atoms with Crippen LogP contribution >= 0.6 is 15.9 Å². The van der Waals surface area contributed by atoms with Crippen LogP contribution in [0.25, 0.3) is 0 Å². The topological polar surface area (TPSA) is 83.6 Å². The van der Waals surface area contributed by atoms with Crippen LogP contribution in [-0.4, -0.2) is 26.1 Å². The lowest BCUT2D eigenvalue weighted by molar-refractivity contribution is 0.0945. The van der Waals surface area contributed by atoms with E-state index in [2.05, 4.69) is 41.4 Å². The van der Waals surface area contributed by atoms with Crippen LogP contribution in [0.2, 0.25) is 0 Å². The highest BCUT2D eigenvalue weighted by molar-refractivity contribution is 9.10. The molecule has 82 valence electrons. The van der Waals surface area contributed by atoms with Crippen molar-refractivity contribution in [3.05, 3.63) is 40.6 Å². The fourth-order valence-electron chi connectivity index (χ4n) is 1.08. The van der Waals surface area contributed by atoms with Crippen LogP contribution in [0.15, 0.2) is 29.1 Å². The predicted octanol–water partition coefficient (Wildman–Crippen LogP) is 0.892. The number of hydrogen-bond donors (Lipinski definition) is 2. The molecule has 16 heavy (non-hydrogen) atoms. The van der Waals surface area contributed by atoms with Crippen LogP contribution in [0, 0.1) is 0 Å². The second kappa shape index (κ2) is 4.84. The summed E-state index contributed by atoms with van der Waals surface area (Å²) in [6.45, 7) is 0.302. The van der Waals surface area contributed by atoms with Gasteiger partial charge >= 0.3 is 0 Å². The zero-order valence-corrected chi connectivity index (χ0v) is 9.73. The molecule has 0 spiro atoms. The number of carbonyl (C=O) groups excluding carboxylic acids is 1. The Morgan fingerprint density at radius 1 is 1.44 bits per heavy atom. The number of H-pyrrole nitrogens is 1. The zero-order chi connectivity index (χ0) is 11.4. The maximum atomic E-state index is 11.6. The summed E-state index contributed by atoms with van der Waals surface area (Å²) in [4.78, 5) is 19.5. The Balaban J connectivity index is 1.95. The van der Waals surface area contributed by atoms with Crippen molar-refractivity contribution in [3.63, 3.8) is 0 Å². The molecular weight excluding hydrogens is 274 g/mol. The smallest absolute Gasteiger partial charge is 0.270 e. The molecule has 0 fully saturated rings. The number of nitrogens with zero attached hydrogens (tertiary/aromatic N) is 3. The average Bonchev–Trinajstić information content (AvgIpc) is 2.80. The Morgan fingerprint density at radius 3 is 2.94 bits per heavy atom. The molecule has 1 amide bonds. The summed E-state index contributed by atoms with van der Waals surface area (Å²) in [7, 11) is 0. The highest BCUT2D eigenvalue weighted by Gasteiger charge is 2.06. The minimum atomic E-state index is -0.246. The van der Waals surface area contributed by atoms with Crippen LogP contribution in [-0.2, 0) is 6.54 Å². The fraction of sp³-hybridized carbons (Fsp3) is 0.111. The van der Waals surface area contributed by atoms with Gasteiger partial charge in [-0.25, -0.2) is 9.97 Å². The molecule has 2 N–H and O–H groups in total. The number of hydrogen-bond acceptors (Lipinski definition) is 4. The number of aromatic nitrogens is 4. The monoisotopic (exact) mass is 281 g/mol. The Morgan fingerprint density at radius 2 is 2.31 bits per heavy atom. The largest absolute Gasteiger partial charge is 0.343 e. The molecule has 2 rings (SSSR count). The van der Waals surface area contributed by atoms with Gasteiger partial charge in [0.2, 0.25) is 0 Å². The lowest BCUT2D eigenvalue weighted by Crippen LogP contribution is -2.24. The second-order valence-electron chi connectivity index (χ2n) is 2.98. The van der Waals surface area contributed by atoms with Gasteiger partial charge in [0.15, 0.2) is 0 Å². The lowest BCUT2D eigenvalue weighted by Gasteiger charge is -2.01. The van der Waals surface area contributed by atoms with E-state index in [1.54, 1.807) is 18.3 Å². The maximum Gasteiger partial charge on any atom is 0.270 e. The first-order valence-corrected chi connectivity index (χ1v) is 5.29. The SMILES string of the molecule is O=C(NCc1ncn[nH]1)c1ccc(Br)cn1. The summed E-state index contributed by atoms with van der Waals surface area (Å²) in [6, 6.07) is 3.40. The molecule has 0 aromatic carbocycles. The quantitative estimate of drug-likeness (QED) is 0.875. The number of carbonyl (C=O) groups is 1. The standard InChI is InChI=1S/C9H8BrN5O/c10-6-1-2-7(11-3-6)9(16)12-4-8-13-5-14-15-8/h1-3,5H,4H2,(H,12,16)(H,13,14,15). The summed E-state index contributed by atoms with van der Waals surface area (Å²) in [5, 5.41) is 8.99. The number of pyridine rings is 1. The Kier molecular flexibility index (Phi) is 3.25. The van der Waals surface area contributed by atoms with E-state index in [1.807, 2.05) is 0 Å². The van der Waals surface area contributed by atoms with Crippen molar-refractivity contribution in [2.75, 3.05) is 0 Å². The lowest BCUT2D eigenvalue weighted by atomic mass is 10.3. The summed E-state index contributed by atoms with van der Waals surface area (Å²) in [5.41, 5.74) is 0.364. The number of aromatic amines is 1. The second-order valence-corrected chi connectivity index (χ2v) is 3.89. The van der Waals surface area contributed by atoms with Crippen LogP contribution < -0.4 is 5.32 Å². The third-order valence-electron chi connectivity index (χ3n) is 1.84. The van der Waals surface area contributed by atoms with E-state index in [9.17, 15) is 4.79 Å². The van der Waals surface area contributed by atoms with Crippen LogP contribution in [0.3, 0.4) is 0 Å². The van der Waals surface area contributed by atoms with Gasteiger partial charge in [0, 0.05) is 10.7 Å². The fourth-order valence-corrected chi connectivity index (χ4v) is 1.32. The van der Waals surface area contributed by atoms with E-state index in [0.29, 0.717) is 18.1 Å². The van der Waals surface area contributed by atoms with Gasteiger partial charge in [-0.1, -0.05) is 0 Å². The van der Waals surface area contributed by atoms with Gasteiger partial charge in [-0.15, -0.1) is 0 Å². The van der Waals surface area contributed by atoms with E-state index < -0.39 is 0 Å². The maximum absolute atomic E-state index is 11.6. The molecule has 6 nitrogen and oxygen atoms in total. The van der Waals surface area contributed by atoms with E-state index in [4.69, 9.17) is 0 Å². The summed E-state index contributed by atoms with van der Waals surface area (Å²) >= 11 is 3.25. The van der Waals surface area contributed by atoms with Gasteiger partial charge in [0.05, 0.1) is 6.54 Å². The summed E-state index contributed by atoms with van der Waals surface area (Å²) in [5.74, 6) is 0.356. The zero-order valence-electron chi connectivity index (χ0n) is 8.14. The van der Waals surface area contributed by atoms with Crippen molar-refractivity contribution in [2.24, 2.45) is 0 Å². The first kappa shape index (κ1) is 10.7. The first-order valence-electron chi connectivity index (χ1n) is 4.49. The van der Waals surface area contributed by atoms with Gasteiger partial charge in [0.1, 0.15) is 17.8 Å². The molecule has 0 bridgehead atoms. The van der Waals surface area contributed by atoms with E-state index in [1.165, 1.54) is 6.33 Å². The molecular formula is C9H8BrN5O. The molecule has 0 aliphatic heterocycles. The van der Waals surface area contributed by atoms with Gasteiger partial charge < -0.3 is 5.32 Å². The Hall–Kier alpha value is -1.76. The van der Waals surface area contributed by atoms with Gasteiger partial charge in [-0.05, 0) is 28.1 Å². The van der Waals surface area contributed by atoms with Crippen molar-refractivity contribution in [1.29, 1.82) is 0 Å². The molecule has 2 heterocycles. The first-order chi connectivity index (χ1) is 7.75. The molecule has 0 saturated heterocycles. The van der Waals surface area contributed by atoms with Crippen molar-refractivity contribution in [3.8, 4) is 0 Å². The molecule has 0 aliphatic carbocycles. The predicted molar refractivity (Wildman–Crippen MR) is 59.5 cm³/mol. The van der Waals surface area contributed by atoms with E-state index in [0.717, 1.165) is 4.47 Å². The molecule has 0 atom stereocenters. The van der Waals surface area contributed by atoms with Crippen molar-refractivity contribution in [2.45, 2.75) is 6.54 Å². The number of amides is 1. The van der Waals surface area contributed by atoms with Gasteiger partial charge in [0.25, 0.3) is 5.91 Å². The molecule has 0 unspecified atom stereocenters. The molecule has 2 aromatic rings. The minimum Gasteiger partial charge on any atom is -0.343 e. The minimum absolute atomic E-state index is 0.246. The summed E-state index contributed by atoms with van der Waals surface area (Å²) < 4.78 is 0.833. The van der Waals surface area contributed by atoms with E-state index in [-0.39, 0.29) is 5.91 Å². The molecule has 0 saturated carbocycles. The Labute approximate surface area is 99.6 Å². The van der Waals surface area contributed by atoms with Crippen molar-refractivity contribution < 1.29 is 4.79 Å². The van der Waals surface area contributed by atoms with Crippen molar-refractivity contribution in [1.82, 2.24) is 25.5 Å². The summed E-state index contributed by atoms with van der Waals surface area (Å²) in [6.07, 6.45) is 2.96. The van der Waals surface area contributed by atoms with Crippen LogP contribution in [0.1, 0.15) is 16.3 Å². The molecule has 0 aliphatic rings. The van der Waals surface area contributed by atoms with Gasteiger partial charge in [-0.2, -0.15) is 5.10 Å². The van der Waals surface area contributed by atoms with Crippen LogP contribution in [0.5, 0.6) is 0 Å². The van der Waals surface area contributed by atoms with E-state index >= 15 is 0 Å².